The Balaban J connectivity index is 2.71. The molecule has 2 nitrogen and oxygen atoms in total. The summed E-state index contributed by atoms with van der Waals surface area (Å²) in [6.45, 7) is 7.59. The number of pyridine rings is 1. The van der Waals surface area contributed by atoms with E-state index in [1.54, 1.807) is 12.3 Å². The number of aromatic nitrogens is 1. The molecule has 0 aliphatic carbocycles. The molecule has 1 aromatic heterocycles. The molecule has 64 valence electrons. The van der Waals surface area contributed by atoms with Gasteiger partial charge in [-0.05, 0) is 25.5 Å². The van der Waals surface area contributed by atoms with E-state index in [4.69, 9.17) is 4.74 Å². The summed E-state index contributed by atoms with van der Waals surface area (Å²) in [6, 6.07) is 3.77. The molecule has 0 aliphatic rings. The first-order chi connectivity index (χ1) is 5.72. The highest BCUT2D eigenvalue weighted by Crippen LogP contribution is 2.09. The standard InChI is InChI=1S/C10H13NO/c1-4-9-5-6-10(11-7-9)12-8(2)3/h4-8H,1H2,2-3H3. The van der Waals surface area contributed by atoms with Crippen LogP contribution in [0.25, 0.3) is 6.08 Å². The Morgan fingerprint density at radius 1 is 1.50 bits per heavy atom. The fourth-order valence-corrected chi connectivity index (χ4v) is 0.824. The Morgan fingerprint density at radius 3 is 2.67 bits per heavy atom. The number of hydrogen-bond acceptors (Lipinski definition) is 2. The quantitative estimate of drug-likeness (QED) is 0.683. The normalized spacial score (nSPS) is 9.92. The third-order valence-electron chi connectivity index (χ3n) is 1.35. The van der Waals surface area contributed by atoms with Gasteiger partial charge < -0.3 is 4.74 Å². The van der Waals surface area contributed by atoms with Crippen molar-refractivity contribution in [1.29, 1.82) is 0 Å². The molecule has 0 aromatic carbocycles. The number of rotatable bonds is 3. The van der Waals surface area contributed by atoms with Crippen molar-refractivity contribution in [2.45, 2.75) is 20.0 Å². The summed E-state index contributed by atoms with van der Waals surface area (Å²) in [5.74, 6) is 0.663. The summed E-state index contributed by atoms with van der Waals surface area (Å²) in [5, 5.41) is 0. The summed E-state index contributed by atoms with van der Waals surface area (Å²) in [7, 11) is 0. The predicted octanol–water partition coefficient (Wildman–Crippen LogP) is 2.51. The van der Waals surface area contributed by atoms with Gasteiger partial charge in [-0.15, -0.1) is 0 Å². The Hall–Kier alpha value is -1.31. The van der Waals surface area contributed by atoms with Gasteiger partial charge in [0.05, 0.1) is 6.10 Å². The summed E-state index contributed by atoms with van der Waals surface area (Å²) >= 11 is 0. The van der Waals surface area contributed by atoms with Crippen LogP contribution in [-0.4, -0.2) is 11.1 Å². The first-order valence-corrected chi connectivity index (χ1v) is 3.97. The summed E-state index contributed by atoms with van der Waals surface area (Å²) < 4.78 is 5.37. The van der Waals surface area contributed by atoms with E-state index in [1.165, 1.54) is 0 Å². The fourth-order valence-electron chi connectivity index (χ4n) is 0.824. The average Bonchev–Trinajstić information content (AvgIpc) is 2.05. The van der Waals surface area contributed by atoms with Crippen LogP contribution in [-0.2, 0) is 0 Å². The van der Waals surface area contributed by atoms with Crippen molar-refractivity contribution in [2.24, 2.45) is 0 Å². The molecule has 1 heterocycles. The molecular weight excluding hydrogens is 150 g/mol. The van der Waals surface area contributed by atoms with E-state index in [-0.39, 0.29) is 6.10 Å². The largest absolute Gasteiger partial charge is 0.475 e. The van der Waals surface area contributed by atoms with Crippen molar-refractivity contribution in [3.05, 3.63) is 30.5 Å². The van der Waals surface area contributed by atoms with Crippen LogP contribution in [0.4, 0.5) is 0 Å². The van der Waals surface area contributed by atoms with Crippen LogP contribution in [0.15, 0.2) is 24.9 Å². The van der Waals surface area contributed by atoms with E-state index >= 15 is 0 Å². The molecule has 1 rings (SSSR count). The van der Waals surface area contributed by atoms with Crippen LogP contribution in [0.5, 0.6) is 5.88 Å². The van der Waals surface area contributed by atoms with Gasteiger partial charge in [0.25, 0.3) is 0 Å². The zero-order valence-electron chi connectivity index (χ0n) is 7.45. The topological polar surface area (TPSA) is 22.1 Å². The zero-order chi connectivity index (χ0) is 8.97. The number of nitrogens with zero attached hydrogens (tertiary/aromatic N) is 1. The van der Waals surface area contributed by atoms with E-state index in [0.29, 0.717) is 5.88 Å². The number of ether oxygens (including phenoxy) is 1. The molecule has 0 radical (unpaired) electrons. The Morgan fingerprint density at radius 2 is 2.25 bits per heavy atom. The van der Waals surface area contributed by atoms with Gasteiger partial charge in [0.2, 0.25) is 5.88 Å². The molecule has 0 fully saturated rings. The molecule has 0 aliphatic heterocycles. The second-order valence-electron chi connectivity index (χ2n) is 2.80. The summed E-state index contributed by atoms with van der Waals surface area (Å²) in [5.41, 5.74) is 1.01. The molecule has 0 unspecified atom stereocenters. The van der Waals surface area contributed by atoms with Gasteiger partial charge in [0.1, 0.15) is 0 Å². The second kappa shape index (κ2) is 3.90. The third kappa shape index (κ3) is 2.38. The maximum Gasteiger partial charge on any atom is 0.213 e. The smallest absolute Gasteiger partial charge is 0.213 e. The van der Waals surface area contributed by atoms with Crippen molar-refractivity contribution in [1.82, 2.24) is 4.98 Å². The molecule has 2 heteroatoms. The highest BCUT2D eigenvalue weighted by Gasteiger charge is 1.96. The lowest BCUT2D eigenvalue weighted by Gasteiger charge is -2.07. The van der Waals surface area contributed by atoms with Crippen molar-refractivity contribution < 1.29 is 4.74 Å². The molecule has 0 spiro atoms. The Labute approximate surface area is 72.9 Å². The van der Waals surface area contributed by atoms with E-state index in [1.807, 2.05) is 26.0 Å². The molecule has 0 saturated carbocycles. The van der Waals surface area contributed by atoms with Gasteiger partial charge in [-0.1, -0.05) is 12.7 Å². The lowest BCUT2D eigenvalue weighted by atomic mass is 10.3. The molecule has 0 amide bonds. The van der Waals surface area contributed by atoms with Crippen molar-refractivity contribution in [3.63, 3.8) is 0 Å². The van der Waals surface area contributed by atoms with Gasteiger partial charge in [-0.25, -0.2) is 4.98 Å². The zero-order valence-corrected chi connectivity index (χ0v) is 7.45. The fraction of sp³-hybridized carbons (Fsp3) is 0.300. The highest BCUT2D eigenvalue weighted by atomic mass is 16.5. The van der Waals surface area contributed by atoms with Gasteiger partial charge >= 0.3 is 0 Å². The summed E-state index contributed by atoms with van der Waals surface area (Å²) in [6.07, 6.45) is 3.67. The molecule has 0 N–H and O–H groups in total. The third-order valence-corrected chi connectivity index (χ3v) is 1.35. The molecule has 0 bridgehead atoms. The first-order valence-electron chi connectivity index (χ1n) is 3.97. The molecule has 12 heavy (non-hydrogen) atoms. The van der Waals surface area contributed by atoms with Crippen molar-refractivity contribution >= 4 is 6.08 Å². The van der Waals surface area contributed by atoms with Crippen LogP contribution >= 0.6 is 0 Å². The van der Waals surface area contributed by atoms with Crippen molar-refractivity contribution in [2.75, 3.05) is 0 Å². The highest BCUT2D eigenvalue weighted by molar-refractivity contribution is 5.45. The predicted molar refractivity (Wildman–Crippen MR) is 50.1 cm³/mol. The van der Waals surface area contributed by atoms with Gasteiger partial charge in [0.15, 0.2) is 0 Å². The summed E-state index contributed by atoms with van der Waals surface area (Å²) in [4.78, 5) is 4.10. The molecule has 0 atom stereocenters. The van der Waals surface area contributed by atoms with Crippen molar-refractivity contribution in [3.8, 4) is 5.88 Å². The first kappa shape index (κ1) is 8.78. The minimum absolute atomic E-state index is 0.173. The maximum atomic E-state index is 5.37. The monoisotopic (exact) mass is 163 g/mol. The van der Waals surface area contributed by atoms with Crippen LogP contribution in [0, 0.1) is 0 Å². The van der Waals surface area contributed by atoms with E-state index in [9.17, 15) is 0 Å². The van der Waals surface area contributed by atoms with Gasteiger partial charge in [-0.3, -0.25) is 0 Å². The molecule has 1 aromatic rings. The van der Waals surface area contributed by atoms with Crippen LogP contribution < -0.4 is 4.74 Å². The molecule has 0 saturated heterocycles. The van der Waals surface area contributed by atoms with Gasteiger partial charge in [-0.2, -0.15) is 0 Å². The average molecular weight is 163 g/mol. The molecular formula is C10H13NO. The van der Waals surface area contributed by atoms with Crippen LogP contribution in [0.2, 0.25) is 0 Å². The lowest BCUT2D eigenvalue weighted by Crippen LogP contribution is -2.06. The lowest BCUT2D eigenvalue weighted by molar-refractivity contribution is 0.232. The maximum absolute atomic E-state index is 5.37. The second-order valence-corrected chi connectivity index (χ2v) is 2.80. The van der Waals surface area contributed by atoms with Gasteiger partial charge in [0, 0.05) is 12.3 Å². The SMILES string of the molecule is C=Cc1ccc(OC(C)C)nc1. The van der Waals surface area contributed by atoms with Crippen LogP contribution in [0.1, 0.15) is 19.4 Å². The minimum Gasteiger partial charge on any atom is -0.475 e. The van der Waals surface area contributed by atoms with E-state index < -0.39 is 0 Å². The number of hydrogen-bond donors (Lipinski definition) is 0. The van der Waals surface area contributed by atoms with E-state index in [2.05, 4.69) is 11.6 Å². The van der Waals surface area contributed by atoms with Crippen LogP contribution in [0.3, 0.4) is 0 Å². The minimum atomic E-state index is 0.173. The Kier molecular flexibility index (Phi) is 2.86. The van der Waals surface area contributed by atoms with E-state index in [0.717, 1.165) is 5.56 Å². The Bertz CT molecular complexity index is 251.